The van der Waals surface area contributed by atoms with Crippen LogP contribution in [0.4, 0.5) is 5.69 Å². The number of pyridine rings is 1. The zero-order chi connectivity index (χ0) is 22.1. The normalized spacial score (nSPS) is 15.1. The van der Waals surface area contributed by atoms with Crippen LogP contribution in [0.5, 0.6) is 11.5 Å². The molecule has 2 heterocycles. The van der Waals surface area contributed by atoms with Crippen LogP contribution in [-0.4, -0.2) is 48.9 Å². The van der Waals surface area contributed by atoms with E-state index in [0.29, 0.717) is 6.42 Å². The maximum Gasteiger partial charge on any atom is 0.293 e. The molecule has 10 heteroatoms. The second kappa shape index (κ2) is 8.19. The van der Waals surface area contributed by atoms with Crippen molar-refractivity contribution in [2.75, 3.05) is 20.3 Å². The lowest BCUT2D eigenvalue weighted by atomic mass is 9.84. The molecule has 30 heavy (non-hydrogen) atoms. The second-order valence-electron chi connectivity index (χ2n) is 8.15. The molecule has 0 spiro atoms. The molecule has 0 radical (unpaired) electrons. The molecule has 0 saturated heterocycles. The average molecular weight is 436 g/mol. The van der Waals surface area contributed by atoms with Gasteiger partial charge in [0, 0.05) is 37.5 Å². The van der Waals surface area contributed by atoms with Crippen LogP contribution < -0.4 is 9.47 Å². The number of rotatable bonds is 6. The van der Waals surface area contributed by atoms with Crippen LogP contribution in [0, 0.1) is 15.5 Å². The zero-order valence-electron chi connectivity index (χ0n) is 17.4. The molecule has 0 N–H and O–H groups in total. The molecule has 1 aromatic carbocycles. The summed E-state index contributed by atoms with van der Waals surface area (Å²) in [4.78, 5) is 14.8. The van der Waals surface area contributed by atoms with Gasteiger partial charge in [0.05, 0.1) is 11.0 Å². The molecule has 3 rings (SSSR count). The summed E-state index contributed by atoms with van der Waals surface area (Å²) in [6.45, 7) is 6.25. The Morgan fingerprint density at radius 2 is 1.83 bits per heavy atom. The summed E-state index contributed by atoms with van der Waals surface area (Å²) >= 11 is 0. The molecular formula is C20H25N3O6S. The van der Waals surface area contributed by atoms with E-state index in [1.54, 1.807) is 12.3 Å². The molecule has 0 aliphatic carbocycles. The molecule has 0 amide bonds. The number of sulfonamides is 1. The highest BCUT2D eigenvalue weighted by Gasteiger charge is 2.40. The Balaban J connectivity index is 2.07. The molecule has 0 saturated carbocycles. The van der Waals surface area contributed by atoms with Gasteiger partial charge in [-0.1, -0.05) is 26.8 Å². The first-order valence-electron chi connectivity index (χ1n) is 9.48. The first-order valence-corrected chi connectivity index (χ1v) is 10.9. The van der Waals surface area contributed by atoms with Crippen molar-refractivity contribution in [3.05, 3.63) is 52.3 Å². The van der Waals surface area contributed by atoms with E-state index >= 15 is 0 Å². The summed E-state index contributed by atoms with van der Waals surface area (Å²) in [6, 6.07) is 7.24. The van der Waals surface area contributed by atoms with E-state index in [2.05, 4.69) is 4.98 Å². The van der Waals surface area contributed by atoms with Crippen molar-refractivity contribution in [1.29, 1.82) is 0 Å². The molecule has 1 atom stereocenters. The number of likely N-dealkylation sites (N-methyl/N-ethyl adjacent to an activating group) is 1. The smallest absolute Gasteiger partial charge is 0.293 e. The average Bonchev–Trinajstić information content (AvgIpc) is 2.70. The second-order valence-corrected chi connectivity index (χ2v) is 10.1. The number of fused-ring (bicyclic) bond motifs is 1. The Morgan fingerprint density at radius 1 is 1.20 bits per heavy atom. The van der Waals surface area contributed by atoms with Gasteiger partial charge >= 0.3 is 0 Å². The van der Waals surface area contributed by atoms with E-state index in [1.165, 1.54) is 17.4 Å². The fourth-order valence-electron chi connectivity index (χ4n) is 3.43. The van der Waals surface area contributed by atoms with Gasteiger partial charge in [0.25, 0.3) is 5.69 Å². The number of benzene rings is 1. The lowest BCUT2D eigenvalue weighted by Crippen LogP contribution is -2.46. The first-order chi connectivity index (χ1) is 14.0. The minimum atomic E-state index is -4.22. The number of ether oxygens (including phenoxy) is 2. The molecule has 162 valence electrons. The largest absolute Gasteiger partial charge is 0.486 e. The minimum Gasteiger partial charge on any atom is -0.486 e. The van der Waals surface area contributed by atoms with Crippen LogP contribution in [0.2, 0.25) is 0 Å². The number of hydrogen-bond acceptors (Lipinski definition) is 7. The highest BCUT2D eigenvalue weighted by Crippen LogP contribution is 2.40. The summed E-state index contributed by atoms with van der Waals surface area (Å²) in [7, 11) is -2.78. The number of hydrogen-bond donors (Lipinski definition) is 0. The van der Waals surface area contributed by atoms with Gasteiger partial charge in [-0.05, 0) is 17.5 Å². The molecule has 0 unspecified atom stereocenters. The van der Waals surface area contributed by atoms with Crippen molar-refractivity contribution < 1.29 is 22.8 Å². The topological polar surface area (TPSA) is 112 Å². The number of aromatic nitrogens is 1. The van der Waals surface area contributed by atoms with E-state index < -0.39 is 37.0 Å². The lowest BCUT2D eigenvalue weighted by Gasteiger charge is -2.37. The van der Waals surface area contributed by atoms with Crippen molar-refractivity contribution >= 4 is 15.7 Å². The van der Waals surface area contributed by atoms with Gasteiger partial charge in [0.1, 0.15) is 13.2 Å². The van der Waals surface area contributed by atoms with Crippen LogP contribution in [0.15, 0.2) is 41.4 Å². The summed E-state index contributed by atoms with van der Waals surface area (Å²) in [5.74, 6) is 0.339. The van der Waals surface area contributed by atoms with E-state index in [4.69, 9.17) is 9.47 Å². The van der Waals surface area contributed by atoms with Crippen molar-refractivity contribution in [1.82, 2.24) is 9.29 Å². The Bertz CT molecular complexity index is 1030. The van der Waals surface area contributed by atoms with Gasteiger partial charge < -0.3 is 9.47 Å². The molecular weight excluding hydrogens is 410 g/mol. The standard InChI is InChI=1S/C20H25N3O6S/c1-20(2,3)19(11-14-7-5-6-8-21-14)22(4)30(26,27)18-13-17-16(28-9-10-29-17)12-15(18)23(24)25/h5-8,12-13,19H,9-11H2,1-4H3/t19-/m1/s1. The summed E-state index contributed by atoms with van der Waals surface area (Å²) in [6.07, 6.45) is 2.01. The third-order valence-electron chi connectivity index (χ3n) is 5.04. The molecule has 1 aromatic heterocycles. The molecule has 9 nitrogen and oxygen atoms in total. The van der Waals surface area contributed by atoms with Crippen molar-refractivity contribution in [2.24, 2.45) is 5.41 Å². The summed E-state index contributed by atoms with van der Waals surface area (Å²) in [5, 5.41) is 11.7. The van der Waals surface area contributed by atoms with Crippen molar-refractivity contribution in [3.8, 4) is 11.5 Å². The molecule has 1 aliphatic rings. The summed E-state index contributed by atoms with van der Waals surface area (Å²) < 4.78 is 39.1. The number of nitrogens with zero attached hydrogens (tertiary/aromatic N) is 3. The van der Waals surface area contributed by atoms with Gasteiger partial charge in [-0.3, -0.25) is 15.1 Å². The maximum atomic E-state index is 13.5. The monoisotopic (exact) mass is 435 g/mol. The highest BCUT2D eigenvalue weighted by atomic mass is 32.2. The highest BCUT2D eigenvalue weighted by molar-refractivity contribution is 7.89. The van der Waals surface area contributed by atoms with Crippen LogP contribution in [0.3, 0.4) is 0 Å². The molecule has 1 aliphatic heterocycles. The number of nitro benzene ring substituents is 1. The Labute approximate surface area is 175 Å². The van der Waals surface area contributed by atoms with E-state index in [-0.39, 0.29) is 24.7 Å². The van der Waals surface area contributed by atoms with Crippen LogP contribution in [0.25, 0.3) is 0 Å². The molecule has 0 bridgehead atoms. The summed E-state index contributed by atoms with van der Waals surface area (Å²) in [5.41, 5.74) is -0.269. The molecule has 0 fully saturated rings. The number of nitro groups is 1. The first kappa shape index (κ1) is 22.0. The third kappa shape index (κ3) is 4.39. The zero-order valence-corrected chi connectivity index (χ0v) is 18.2. The van der Waals surface area contributed by atoms with E-state index in [0.717, 1.165) is 11.8 Å². The predicted octanol–water partition coefficient (Wildman–Crippen LogP) is 3.04. The van der Waals surface area contributed by atoms with E-state index in [1.807, 2.05) is 32.9 Å². The molecule has 2 aromatic rings. The third-order valence-corrected chi connectivity index (χ3v) is 6.94. The van der Waals surface area contributed by atoms with Gasteiger partial charge in [-0.15, -0.1) is 0 Å². The van der Waals surface area contributed by atoms with Crippen LogP contribution in [-0.2, 0) is 16.4 Å². The van der Waals surface area contributed by atoms with Gasteiger partial charge in [-0.25, -0.2) is 8.42 Å². The fourth-order valence-corrected chi connectivity index (χ4v) is 5.12. The van der Waals surface area contributed by atoms with Gasteiger partial charge in [0.15, 0.2) is 16.4 Å². The Morgan fingerprint density at radius 3 is 2.37 bits per heavy atom. The van der Waals surface area contributed by atoms with Crippen LogP contribution in [0.1, 0.15) is 26.5 Å². The quantitative estimate of drug-likeness (QED) is 0.506. The SMILES string of the molecule is CN([C@H](Cc1ccccn1)C(C)(C)C)S(=O)(=O)c1cc2c(cc1[N+](=O)[O-])OCCO2. The van der Waals surface area contributed by atoms with Gasteiger partial charge in [0.2, 0.25) is 10.0 Å². The van der Waals surface area contributed by atoms with Gasteiger partial charge in [-0.2, -0.15) is 4.31 Å². The fraction of sp³-hybridized carbons (Fsp3) is 0.450. The van der Waals surface area contributed by atoms with Crippen molar-refractivity contribution in [2.45, 2.75) is 38.1 Å². The van der Waals surface area contributed by atoms with Crippen molar-refractivity contribution in [3.63, 3.8) is 0 Å². The minimum absolute atomic E-state index is 0.162. The predicted molar refractivity (Wildman–Crippen MR) is 110 cm³/mol. The Kier molecular flexibility index (Phi) is 6.00. The van der Waals surface area contributed by atoms with Crippen LogP contribution >= 0.6 is 0 Å². The Hall–Kier alpha value is -2.72. The maximum absolute atomic E-state index is 13.5. The van der Waals surface area contributed by atoms with E-state index in [9.17, 15) is 18.5 Å². The lowest BCUT2D eigenvalue weighted by molar-refractivity contribution is -0.388.